The van der Waals surface area contributed by atoms with E-state index in [1.54, 1.807) is 19.2 Å². The van der Waals surface area contributed by atoms with E-state index in [0.717, 1.165) is 12.0 Å². The van der Waals surface area contributed by atoms with Crippen molar-refractivity contribution in [3.05, 3.63) is 72.3 Å². The SMILES string of the molecule is CCCOc1cccc(C(=O)Nc2cccc(-c3nc4cc(OC)ccc4o3)c2)c1. The van der Waals surface area contributed by atoms with Crippen LogP contribution in [0, 0.1) is 0 Å². The third-order valence-electron chi connectivity index (χ3n) is 4.53. The monoisotopic (exact) mass is 402 g/mol. The number of hydrogen-bond donors (Lipinski definition) is 1. The molecule has 0 spiro atoms. The van der Waals surface area contributed by atoms with Gasteiger partial charge in [-0.05, 0) is 55.0 Å². The van der Waals surface area contributed by atoms with Crippen LogP contribution in [0.2, 0.25) is 0 Å². The Labute approximate surface area is 174 Å². The molecule has 4 aromatic rings. The molecule has 6 heteroatoms. The van der Waals surface area contributed by atoms with Gasteiger partial charge < -0.3 is 19.2 Å². The molecule has 30 heavy (non-hydrogen) atoms. The number of benzene rings is 3. The number of nitrogens with one attached hydrogen (secondary N) is 1. The number of amides is 1. The van der Waals surface area contributed by atoms with Crippen molar-refractivity contribution in [2.24, 2.45) is 0 Å². The minimum atomic E-state index is -0.212. The Morgan fingerprint density at radius 2 is 1.90 bits per heavy atom. The molecule has 4 rings (SSSR count). The Balaban J connectivity index is 1.54. The molecular weight excluding hydrogens is 380 g/mol. The number of fused-ring (bicyclic) bond motifs is 1. The normalized spacial score (nSPS) is 10.7. The van der Waals surface area contributed by atoms with Crippen LogP contribution in [0.4, 0.5) is 5.69 Å². The molecule has 0 unspecified atom stereocenters. The first kappa shape index (κ1) is 19.5. The number of rotatable bonds is 7. The van der Waals surface area contributed by atoms with E-state index in [-0.39, 0.29) is 5.91 Å². The van der Waals surface area contributed by atoms with Crippen LogP contribution in [-0.4, -0.2) is 24.6 Å². The van der Waals surface area contributed by atoms with Crippen molar-refractivity contribution in [1.82, 2.24) is 4.98 Å². The summed E-state index contributed by atoms with van der Waals surface area (Å²) in [7, 11) is 1.61. The first-order chi connectivity index (χ1) is 14.7. The Morgan fingerprint density at radius 1 is 1.03 bits per heavy atom. The highest BCUT2D eigenvalue weighted by Crippen LogP contribution is 2.28. The molecule has 0 aliphatic rings. The lowest BCUT2D eigenvalue weighted by Gasteiger charge is -2.09. The van der Waals surface area contributed by atoms with E-state index >= 15 is 0 Å². The molecule has 3 aromatic carbocycles. The van der Waals surface area contributed by atoms with Gasteiger partial charge in [0.25, 0.3) is 5.91 Å². The maximum atomic E-state index is 12.7. The summed E-state index contributed by atoms with van der Waals surface area (Å²) >= 11 is 0. The average molecular weight is 402 g/mol. The molecule has 0 aliphatic carbocycles. The number of carbonyl (C=O) groups excluding carboxylic acids is 1. The molecule has 1 amide bonds. The summed E-state index contributed by atoms with van der Waals surface area (Å²) in [5.41, 5.74) is 3.33. The minimum absolute atomic E-state index is 0.212. The van der Waals surface area contributed by atoms with E-state index in [2.05, 4.69) is 10.3 Å². The Kier molecular flexibility index (Phi) is 5.66. The van der Waals surface area contributed by atoms with Crippen molar-refractivity contribution in [3.8, 4) is 23.0 Å². The van der Waals surface area contributed by atoms with Gasteiger partial charge in [0.1, 0.15) is 17.0 Å². The fourth-order valence-electron chi connectivity index (χ4n) is 3.04. The van der Waals surface area contributed by atoms with Gasteiger partial charge in [-0.25, -0.2) is 4.98 Å². The molecule has 1 N–H and O–H groups in total. The van der Waals surface area contributed by atoms with Gasteiger partial charge in [0, 0.05) is 22.9 Å². The lowest BCUT2D eigenvalue weighted by atomic mass is 10.1. The van der Waals surface area contributed by atoms with Crippen LogP contribution in [-0.2, 0) is 0 Å². The highest BCUT2D eigenvalue weighted by atomic mass is 16.5. The zero-order chi connectivity index (χ0) is 20.9. The summed E-state index contributed by atoms with van der Waals surface area (Å²) in [6.07, 6.45) is 0.909. The Morgan fingerprint density at radius 3 is 2.73 bits per heavy atom. The molecule has 1 aromatic heterocycles. The third kappa shape index (κ3) is 4.27. The van der Waals surface area contributed by atoms with Crippen LogP contribution < -0.4 is 14.8 Å². The van der Waals surface area contributed by atoms with Crippen LogP contribution in [0.5, 0.6) is 11.5 Å². The molecule has 6 nitrogen and oxygen atoms in total. The van der Waals surface area contributed by atoms with E-state index < -0.39 is 0 Å². The van der Waals surface area contributed by atoms with Gasteiger partial charge in [-0.3, -0.25) is 4.79 Å². The predicted molar refractivity (Wildman–Crippen MR) is 116 cm³/mol. The summed E-state index contributed by atoms with van der Waals surface area (Å²) in [6.45, 7) is 2.65. The van der Waals surface area contributed by atoms with Crippen LogP contribution >= 0.6 is 0 Å². The Hall–Kier alpha value is -3.80. The summed E-state index contributed by atoms with van der Waals surface area (Å²) in [4.78, 5) is 17.2. The molecule has 152 valence electrons. The molecule has 0 saturated carbocycles. The predicted octanol–water partition coefficient (Wildman–Crippen LogP) is 5.54. The van der Waals surface area contributed by atoms with Gasteiger partial charge in [-0.2, -0.15) is 0 Å². The zero-order valence-corrected chi connectivity index (χ0v) is 16.8. The molecule has 0 saturated heterocycles. The second-order valence-electron chi connectivity index (χ2n) is 6.76. The molecule has 0 aliphatic heterocycles. The van der Waals surface area contributed by atoms with E-state index in [9.17, 15) is 4.79 Å². The number of oxazole rings is 1. The highest BCUT2D eigenvalue weighted by molar-refractivity contribution is 6.04. The third-order valence-corrected chi connectivity index (χ3v) is 4.53. The fourth-order valence-corrected chi connectivity index (χ4v) is 3.04. The van der Waals surface area contributed by atoms with E-state index in [0.29, 0.717) is 46.3 Å². The first-order valence-corrected chi connectivity index (χ1v) is 9.75. The van der Waals surface area contributed by atoms with Crippen molar-refractivity contribution in [2.45, 2.75) is 13.3 Å². The number of ether oxygens (including phenoxy) is 2. The highest BCUT2D eigenvalue weighted by Gasteiger charge is 2.12. The van der Waals surface area contributed by atoms with Crippen molar-refractivity contribution in [1.29, 1.82) is 0 Å². The largest absolute Gasteiger partial charge is 0.497 e. The summed E-state index contributed by atoms with van der Waals surface area (Å²) < 4.78 is 16.7. The molecule has 0 bridgehead atoms. The van der Waals surface area contributed by atoms with Crippen molar-refractivity contribution >= 4 is 22.7 Å². The Bertz CT molecular complexity index is 1180. The van der Waals surface area contributed by atoms with Crippen LogP contribution in [0.25, 0.3) is 22.6 Å². The van der Waals surface area contributed by atoms with Crippen LogP contribution in [0.15, 0.2) is 71.1 Å². The first-order valence-electron chi connectivity index (χ1n) is 9.75. The molecule has 0 atom stereocenters. The molecular formula is C24H22N2O4. The number of methoxy groups -OCH3 is 1. The molecule has 0 fully saturated rings. The van der Waals surface area contributed by atoms with Crippen molar-refractivity contribution in [3.63, 3.8) is 0 Å². The maximum Gasteiger partial charge on any atom is 0.255 e. The lowest BCUT2D eigenvalue weighted by molar-refractivity contribution is 0.102. The van der Waals surface area contributed by atoms with Gasteiger partial charge in [-0.15, -0.1) is 0 Å². The lowest BCUT2D eigenvalue weighted by Crippen LogP contribution is -2.12. The van der Waals surface area contributed by atoms with Gasteiger partial charge >= 0.3 is 0 Å². The van der Waals surface area contributed by atoms with Crippen LogP contribution in [0.1, 0.15) is 23.7 Å². The zero-order valence-electron chi connectivity index (χ0n) is 16.8. The molecule has 1 heterocycles. The smallest absolute Gasteiger partial charge is 0.255 e. The maximum absolute atomic E-state index is 12.7. The second-order valence-corrected chi connectivity index (χ2v) is 6.76. The van der Waals surface area contributed by atoms with Crippen molar-refractivity contribution in [2.75, 3.05) is 19.0 Å². The van der Waals surface area contributed by atoms with Gasteiger partial charge in [0.15, 0.2) is 5.58 Å². The average Bonchev–Trinajstić information content (AvgIpc) is 3.21. The van der Waals surface area contributed by atoms with Gasteiger partial charge in [-0.1, -0.05) is 19.1 Å². The summed E-state index contributed by atoms with van der Waals surface area (Å²) in [6, 6.07) is 20.0. The standard InChI is InChI=1S/C24H22N2O4/c1-3-12-29-20-9-5-6-16(14-20)23(27)25-18-8-4-7-17(13-18)24-26-21-15-19(28-2)10-11-22(21)30-24/h4-11,13-15H,3,12H2,1-2H3,(H,25,27). The summed E-state index contributed by atoms with van der Waals surface area (Å²) in [5.74, 6) is 1.66. The van der Waals surface area contributed by atoms with Gasteiger partial charge in [0.2, 0.25) is 5.89 Å². The van der Waals surface area contributed by atoms with E-state index in [1.807, 2.05) is 61.5 Å². The number of nitrogens with zero attached hydrogens (tertiary/aromatic N) is 1. The van der Waals surface area contributed by atoms with E-state index in [4.69, 9.17) is 13.9 Å². The van der Waals surface area contributed by atoms with E-state index in [1.165, 1.54) is 0 Å². The summed E-state index contributed by atoms with van der Waals surface area (Å²) in [5, 5.41) is 2.92. The number of aromatic nitrogens is 1. The van der Waals surface area contributed by atoms with Crippen LogP contribution in [0.3, 0.4) is 0 Å². The molecule has 0 radical (unpaired) electrons. The minimum Gasteiger partial charge on any atom is -0.497 e. The second kappa shape index (κ2) is 8.69. The van der Waals surface area contributed by atoms with Gasteiger partial charge in [0.05, 0.1) is 13.7 Å². The quantitative estimate of drug-likeness (QED) is 0.439. The number of hydrogen-bond acceptors (Lipinski definition) is 5. The topological polar surface area (TPSA) is 73.6 Å². The fraction of sp³-hybridized carbons (Fsp3) is 0.167. The van der Waals surface area contributed by atoms with Crippen molar-refractivity contribution < 1.29 is 18.7 Å². The number of anilines is 1. The number of carbonyl (C=O) groups is 1.